The van der Waals surface area contributed by atoms with Gasteiger partial charge in [-0.05, 0) is 24.6 Å². The molecule has 2 rings (SSSR count). The summed E-state index contributed by atoms with van der Waals surface area (Å²) in [5.74, 6) is 0.817. The van der Waals surface area contributed by atoms with Crippen LogP contribution >= 0.6 is 0 Å². The topological polar surface area (TPSA) is 52.0 Å². The highest BCUT2D eigenvalue weighted by molar-refractivity contribution is 5.33. The summed E-state index contributed by atoms with van der Waals surface area (Å²) in [6.07, 6.45) is 8.37. The monoisotopic (exact) mass is 260 g/mol. The molecule has 1 N–H and O–H groups in total. The number of nitrogens with zero attached hydrogens (tertiary/aromatic N) is 3. The van der Waals surface area contributed by atoms with Crippen molar-refractivity contribution in [2.45, 2.75) is 19.4 Å². The normalized spacial score (nSPS) is 12.4. The van der Waals surface area contributed by atoms with E-state index >= 15 is 0 Å². The van der Waals surface area contributed by atoms with Gasteiger partial charge in [0.1, 0.15) is 5.75 Å². The minimum Gasteiger partial charge on any atom is -0.495 e. The molecule has 0 saturated heterocycles. The van der Waals surface area contributed by atoms with Gasteiger partial charge in [0, 0.05) is 31.0 Å². The molecule has 2 aromatic rings. The summed E-state index contributed by atoms with van der Waals surface area (Å²) in [7, 11) is 3.60. The fourth-order valence-corrected chi connectivity index (χ4v) is 2.20. The first-order valence-electron chi connectivity index (χ1n) is 6.43. The van der Waals surface area contributed by atoms with Crippen LogP contribution in [0.25, 0.3) is 0 Å². The Morgan fingerprint density at radius 2 is 2.26 bits per heavy atom. The lowest BCUT2D eigenvalue weighted by Gasteiger charge is -2.19. The Morgan fingerprint density at radius 1 is 1.42 bits per heavy atom. The molecule has 5 nitrogen and oxygen atoms in total. The summed E-state index contributed by atoms with van der Waals surface area (Å²) < 4.78 is 7.21. The number of hydrogen-bond acceptors (Lipinski definition) is 4. The van der Waals surface area contributed by atoms with E-state index in [1.54, 1.807) is 19.5 Å². The largest absolute Gasteiger partial charge is 0.495 e. The highest BCUT2D eigenvalue weighted by Gasteiger charge is 2.16. The lowest BCUT2D eigenvalue weighted by Crippen LogP contribution is -2.23. The molecule has 2 heterocycles. The van der Waals surface area contributed by atoms with Crippen molar-refractivity contribution in [1.29, 1.82) is 0 Å². The van der Waals surface area contributed by atoms with E-state index in [-0.39, 0.29) is 6.04 Å². The van der Waals surface area contributed by atoms with Crippen molar-refractivity contribution in [3.63, 3.8) is 0 Å². The summed E-state index contributed by atoms with van der Waals surface area (Å²) in [4.78, 5) is 4.10. The maximum atomic E-state index is 5.39. The molecule has 1 atom stereocenters. The van der Waals surface area contributed by atoms with Crippen molar-refractivity contribution in [2.75, 3.05) is 13.7 Å². The Bertz CT molecular complexity index is 524. The first kappa shape index (κ1) is 13.5. The van der Waals surface area contributed by atoms with Crippen LogP contribution in [-0.2, 0) is 13.5 Å². The molecule has 0 aliphatic heterocycles. The van der Waals surface area contributed by atoms with Crippen LogP contribution in [-0.4, -0.2) is 28.4 Å². The van der Waals surface area contributed by atoms with Gasteiger partial charge in [-0.3, -0.25) is 9.67 Å². The first-order valence-corrected chi connectivity index (χ1v) is 6.43. The van der Waals surface area contributed by atoms with E-state index in [1.807, 2.05) is 30.2 Å². The van der Waals surface area contributed by atoms with E-state index in [2.05, 4.69) is 22.3 Å². The van der Waals surface area contributed by atoms with Crippen LogP contribution in [0.2, 0.25) is 0 Å². The predicted molar refractivity (Wildman–Crippen MR) is 74.1 cm³/mol. The van der Waals surface area contributed by atoms with Gasteiger partial charge in [-0.2, -0.15) is 5.10 Å². The van der Waals surface area contributed by atoms with E-state index < -0.39 is 0 Å². The van der Waals surface area contributed by atoms with Crippen LogP contribution in [0, 0.1) is 0 Å². The van der Waals surface area contributed by atoms with Crippen LogP contribution < -0.4 is 10.1 Å². The third-order valence-electron chi connectivity index (χ3n) is 3.06. The van der Waals surface area contributed by atoms with Gasteiger partial charge in [0.15, 0.2) is 0 Å². The van der Waals surface area contributed by atoms with E-state index in [0.29, 0.717) is 0 Å². The summed E-state index contributed by atoms with van der Waals surface area (Å²) >= 11 is 0. The quantitative estimate of drug-likeness (QED) is 0.859. The summed E-state index contributed by atoms with van der Waals surface area (Å²) in [6, 6.07) is 2.20. The SMILES string of the molecule is CCNC(Cc1cnn(C)c1)c1ccncc1OC. The highest BCUT2D eigenvalue weighted by atomic mass is 16.5. The highest BCUT2D eigenvalue weighted by Crippen LogP contribution is 2.26. The fraction of sp³-hybridized carbons (Fsp3) is 0.429. The van der Waals surface area contributed by atoms with Crippen LogP contribution in [0.5, 0.6) is 5.75 Å². The van der Waals surface area contributed by atoms with Gasteiger partial charge in [-0.15, -0.1) is 0 Å². The number of likely N-dealkylation sites (N-methyl/N-ethyl adjacent to an activating group) is 1. The number of nitrogens with one attached hydrogen (secondary N) is 1. The van der Waals surface area contributed by atoms with Crippen molar-refractivity contribution in [3.05, 3.63) is 42.0 Å². The number of hydrogen-bond donors (Lipinski definition) is 1. The maximum absolute atomic E-state index is 5.39. The van der Waals surface area contributed by atoms with Crippen molar-refractivity contribution in [1.82, 2.24) is 20.1 Å². The standard InChI is InChI=1S/C14H20N4O/c1-4-16-13(7-11-8-17-18(2)10-11)12-5-6-15-9-14(12)19-3/h5-6,8-10,13,16H,4,7H2,1-3H3. The molecule has 102 valence electrons. The number of pyridine rings is 1. The van der Waals surface area contributed by atoms with Gasteiger partial charge in [-0.25, -0.2) is 0 Å². The smallest absolute Gasteiger partial charge is 0.141 e. The molecule has 0 aliphatic rings. The molecule has 0 bridgehead atoms. The zero-order valence-corrected chi connectivity index (χ0v) is 11.6. The molecule has 2 aromatic heterocycles. The van der Waals surface area contributed by atoms with Crippen molar-refractivity contribution in [3.8, 4) is 5.75 Å². The Morgan fingerprint density at radius 3 is 2.89 bits per heavy atom. The third kappa shape index (κ3) is 3.32. The molecule has 0 aliphatic carbocycles. The molecule has 0 aromatic carbocycles. The van der Waals surface area contributed by atoms with Crippen molar-refractivity contribution >= 4 is 0 Å². The molecule has 1 unspecified atom stereocenters. The van der Waals surface area contributed by atoms with Gasteiger partial charge in [0.25, 0.3) is 0 Å². The molecule has 19 heavy (non-hydrogen) atoms. The minimum atomic E-state index is 0.201. The number of rotatable bonds is 6. The second kappa shape index (κ2) is 6.33. The zero-order valence-electron chi connectivity index (χ0n) is 11.6. The number of ether oxygens (including phenoxy) is 1. The average molecular weight is 260 g/mol. The molecule has 0 fully saturated rings. The van der Waals surface area contributed by atoms with E-state index in [1.165, 1.54) is 5.56 Å². The van der Waals surface area contributed by atoms with E-state index in [9.17, 15) is 0 Å². The minimum absolute atomic E-state index is 0.201. The lowest BCUT2D eigenvalue weighted by molar-refractivity contribution is 0.397. The van der Waals surface area contributed by atoms with Crippen LogP contribution in [0.1, 0.15) is 24.1 Å². The van der Waals surface area contributed by atoms with Gasteiger partial charge in [0.2, 0.25) is 0 Å². The Labute approximate surface area is 113 Å². The Hall–Kier alpha value is -1.88. The van der Waals surface area contributed by atoms with Gasteiger partial charge < -0.3 is 10.1 Å². The van der Waals surface area contributed by atoms with Crippen LogP contribution in [0.4, 0.5) is 0 Å². The summed E-state index contributed by atoms with van der Waals surface area (Å²) in [5.41, 5.74) is 2.33. The second-order valence-electron chi connectivity index (χ2n) is 4.45. The Kier molecular flexibility index (Phi) is 4.52. The lowest BCUT2D eigenvalue weighted by atomic mass is 10.0. The average Bonchev–Trinajstić information content (AvgIpc) is 2.84. The summed E-state index contributed by atoms with van der Waals surface area (Å²) in [5, 5.41) is 7.70. The van der Waals surface area contributed by atoms with Crippen LogP contribution in [0.15, 0.2) is 30.9 Å². The van der Waals surface area contributed by atoms with Crippen molar-refractivity contribution in [2.24, 2.45) is 7.05 Å². The number of methoxy groups -OCH3 is 1. The predicted octanol–water partition coefficient (Wildman–Crippen LogP) is 1.72. The molecule has 0 amide bonds. The second-order valence-corrected chi connectivity index (χ2v) is 4.45. The third-order valence-corrected chi connectivity index (χ3v) is 3.06. The first-order chi connectivity index (χ1) is 9.24. The van der Waals surface area contributed by atoms with Gasteiger partial charge in [-0.1, -0.05) is 6.92 Å². The molecule has 0 saturated carbocycles. The molecule has 0 radical (unpaired) electrons. The molecule has 0 spiro atoms. The Balaban J connectivity index is 2.23. The maximum Gasteiger partial charge on any atom is 0.141 e. The van der Waals surface area contributed by atoms with E-state index in [0.717, 1.165) is 24.3 Å². The van der Waals surface area contributed by atoms with Gasteiger partial charge >= 0.3 is 0 Å². The fourth-order valence-electron chi connectivity index (χ4n) is 2.20. The van der Waals surface area contributed by atoms with Crippen molar-refractivity contribution < 1.29 is 4.74 Å². The number of aromatic nitrogens is 3. The van der Waals surface area contributed by atoms with Crippen LogP contribution in [0.3, 0.4) is 0 Å². The zero-order chi connectivity index (χ0) is 13.7. The molecular weight excluding hydrogens is 240 g/mol. The summed E-state index contributed by atoms with van der Waals surface area (Å²) in [6.45, 7) is 3.00. The van der Waals surface area contributed by atoms with Gasteiger partial charge in [0.05, 0.1) is 19.5 Å². The molecular formula is C14H20N4O. The number of aryl methyl sites for hydroxylation is 1. The van der Waals surface area contributed by atoms with E-state index in [4.69, 9.17) is 4.74 Å². The molecule has 5 heteroatoms.